The number of nitrogen functional groups attached to an aromatic ring is 1. The number of hydrogen-bond acceptors (Lipinski definition) is 3. The number of carbonyl (C=O) groups is 1. The Morgan fingerprint density at radius 1 is 1.42 bits per heavy atom. The maximum Gasteiger partial charge on any atom is 0.237 e. The Labute approximate surface area is 114 Å². The van der Waals surface area contributed by atoms with Crippen molar-refractivity contribution in [2.75, 3.05) is 16.8 Å². The van der Waals surface area contributed by atoms with Gasteiger partial charge in [0.1, 0.15) is 11.6 Å². The quantitative estimate of drug-likeness (QED) is 0.831. The van der Waals surface area contributed by atoms with Gasteiger partial charge in [-0.2, -0.15) is 0 Å². The van der Waals surface area contributed by atoms with E-state index in [0.717, 1.165) is 31.7 Å². The van der Waals surface area contributed by atoms with Crippen LogP contribution in [0.25, 0.3) is 0 Å². The Kier molecular flexibility index (Phi) is 4.52. The summed E-state index contributed by atoms with van der Waals surface area (Å²) in [6.07, 6.45) is 3.99. The van der Waals surface area contributed by atoms with Gasteiger partial charge >= 0.3 is 0 Å². The number of nitrogens with one attached hydrogen (secondary N) is 1. The number of rotatable bonds is 4. The van der Waals surface area contributed by atoms with E-state index in [2.05, 4.69) is 5.32 Å². The molecule has 1 saturated carbocycles. The summed E-state index contributed by atoms with van der Waals surface area (Å²) < 4.78 is 25.0. The van der Waals surface area contributed by atoms with Crippen molar-refractivity contribution in [2.45, 2.75) is 30.9 Å². The number of benzene rings is 1. The van der Waals surface area contributed by atoms with E-state index in [0.29, 0.717) is 5.69 Å². The van der Waals surface area contributed by atoms with E-state index >= 15 is 0 Å². The summed E-state index contributed by atoms with van der Waals surface area (Å²) in [6.45, 7) is 0. The molecule has 0 spiro atoms. The maximum absolute atomic E-state index is 13.0. The topological polar surface area (TPSA) is 72.2 Å². The Morgan fingerprint density at radius 2 is 2.11 bits per heavy atom. The molecule has 1 aliphatic carbocycles. The summed E-state index contributed by atoms with van der Waals surface area (Å²) >= 11 is 0. The molecular formula is C13H17FN2O2S. The van der Waals surface area contributed by atoms with E-state index in [-0.39, 0.29) is 22.6 Å². The third-order valence-corrected chi connectivity index (χ3v) is 5.00. The third kappa shape index (κ3) is 3.76. The van der Waals surface area contributed by atoms with E-state index in [9.17, 15) is 13.4 Å². The number of carbonyl (C=O) groups excluding carboxylic acids is 1. The van der Waals surface area contributed by atoms with Gasteiger partial charge < -0.3 is 11.1 Å². The molecule has 19 heavy (non-hydrogen) atoms. The van der Waals surface area contributed by atoms with Gasteiger partial charge in [-0.1, -0.05) is 12.8 Å². The molecule has 3 N–H and O–H groups in total. The molecule has 4 nitrogen and oxygen atoms in total. The molecule has 104 valence electrons. The van der Waals surface area contributed by atoms with Gasteiger partial charge in [-0.3, -0.25) is 9.00 Å². The normalized spacial score (nSPS) is 17.3. The van der Waals surface area contributed by atoms with Crippen molar-refractivity contribution in [3.05, 3.63) is 24.0 Å². The SMILES string of the molecule is Nc1ccc(F)cc1NC(=O)CS(=O)C1CCCC1. The number of amides is 1. The lowest BCUT2D eigenvalue weighted by Crippen LogP contribution is -2.25. The first-order valence-corrected chi connectivity index (χ1v) is 7.66. The minimum Gasteiger partial charge on any atom is -0.397 e. The molecule has 0 aromatic heterocycles. The van der Waals surface area contributed by atoms with E-state index in [1.807, 2.05) is 0 Å². The van der Waals surface area contributed by atoms with E-state index in [1.165, 1.54) is 12.1 Å². The first-order valence-electron chi connectivity index (χ1n) is 6.28. The second kappa shape index (κ2) is 6.14. The van der Waals surface area contributed by atoms with E-state index in [1.54, 1.807) is 0 Å². The highest BCUT2D eigenvalue weighted by Gasteiger charge is 2.23. The smallest absolute Gasteiger partial charge is 0.237 e. The van der Waals surface area contributed by atoms with Crippen molar-refractivity contribution >= 4 is 28.1 Å². The van der Waals surface area contributed by atoms with Crippen LogP contribution in [0, 0.1) is 5.82 Å². The van der Waals surface area contributed by atoms with Crippen LogP contribution in [0.5, 0.6) is 0 Å². The van der Waals surface area contributed by atoms with Crippen LogP contribution >= 0.6 is 0 Å². The van der Waals surface area contributed by atoms with Crippen molar-refractivity contribution < 1.29 is 13.4 Å². The van der Waals surface area contributed by atoms with Crippen LogP contribution in [0.1, 0.15) is 25.7 Å². The van der Waals surface area contributed by atoms with Gasteiger partial charge in [0.05, 0.1) is 11.4 Å². The fourth-order valence-electron chi connectivity index (χ4n) is 2.22. The highest BCUT2D eigenvalue weighted by molar-refractivity contribution is 7.86. The molecule has 0 heterocycles. The molecule has 1 aromatic rings. The lowest BCUT2D eigenvalue weighted by Gasteiger charge is -2.11. The van der Waals surface area contributed by atoms with Crippen molar-refractivity contribution in [1.29, 1.82) is 0 Å². The molecule has 1 atom stereocenters. The van der Waals surface area contributed by atoms with Gasteiger partial charge in [-0.15, -0.1) is 0 Å². The molecular weight excluding hydrogens is 267 g/mol. The molecule has 2 rings (SSSR count). The zero-order valence-corrected chi connectivity index (χ0v) is 11.3. The van der Waals surface area contributed by atoms with Gasteiger partial charge in [-0.25, -0.2) is 4.39 Å². The summed E-state index contributed by atoms with van der Waals surface area (Å²) in [5.74, 6) is -0.912. The molecule has 6 heteroatoms. The van der Waals surface area contributed by atoms with E-state index in [4.69, 9.17) is 5.73 Å². The zero-order chi connectivity index (χ0) is 13.8. The molecule has 1 amide bonds. The molecule has 1 unspecified atom stereocenters. The summed E-state index contributed by atoms with van der Waals surface area (Å²) in [5.41, 5.74) is 6.16. The van der Waals surface area contributed by atoms with Crippen LogP contribution in [0.2, 0.25) is 0 Å². The van der Waals surface area contributed by atoms with Crippen LogP contribution in [-0.2, 0) is 15.6 Å². The molecule has 1 aliphatic rings. The lowest BCUT2D eigenvalue weighted by molar-refractivity contribution is -0.113. The molecule has 0 bridgehead atoms. The summed E-state index contributed by atoms with van der Waals surface area (Å²) in [5, 5.41) is 2.63. The number of halogens is 1. The monoisotopic (exact) mass is 284 g/mol. The fourth-order valence-corrected chi connectivity index (χ4v) is 3.65. The second-order valence-corrected chi connectivity index (χ2v) is 6.43. The van der Waals surface area contributed by atoms with Crippen LogP contribution in [-0.4, -0.2) is 21.1 Å². The highest BCUT2D eigenvalue weighted by atomic mass is 32.2. The van der Waals surface area contributed by atoms with Crippen molar-refractivity contribution in [1.82, 2.24) is 0 Å². The van der Waals surface area contributed by atoms with Gasteiger partial charge in [0.2, 0.25) is 5.91 Å². The van der Waals surface area contributed by atoms with Gasteiger partial charge in [0, 0.05) is 16.0 Å². The Bertz CT molecular complexity index is 501. The van der Waals surface area contributed by atoms with Gasteiger partial charge in [0.15, 0.2) is 0 Å². The number of nitrogens with two attached hydrogens (primary N) is 1. The standard InChI is InChI=1S/C13H17FN2O2S/c14-9-5-6-11(15)12(7-9)16-13(17)8-19(18)10-3-1-2-4-10/h5-7,10H,1-4,8,15H2,(H,16,17). The summed E-state index contributed by atoms with van der Waals surface area (Å²) in [4.78, 5) is 11.8. The number of anilines is 2. The predicted molar refractivity (Wildman–Crippen MR) is 74.7 cm³/mol. The highest BCUT2D eigenvalue weighted by Crippen LogP contribution is 2.23. The van der Waals surface area contributed by atoms with Gasteiger partial charge in [-0.05, 0) is 31.0 Å². The minimum atomic E-state index is -1.16. The molecule has 1 fully saturated rings. The van der Waals surface area contributed by atoms with Crippen LogP contribution in [0.15, 0.2) is 18.2 Å². The van der Waals surface area contributed by atoms with Crippen LogP contribution in [0.3, 0.4) is 0 Å². The van der Waals surface area contributed by atoms with Crippen molar-refractivity contribution in [2.24, 2.45) is 0 Å². The predicted octanol–water partition coefficient (Wildman–Crippen LogP) is 2.04. The third-order valence-electron chi connectivity index (χ3n) is 3.24. The van der Waals surface area contributed by atoms with Crippen LogP contribution < -0.4 is 11.1 Å². The average Bonchev–Trinajstić information content (AvgIpc) is 2.87. The molecule has 0 saturated heterocycles. The first kappa shape index (κ1) is 14.0. The Hall–Kier alpha value is -1.43. The molecule has 0 aliphatic heterocycles. The molecule has 0 radical (unpaired) electrons. The summed E-state index contributed by atoms with van der Waals surface area (Å²) in [7, 11) is -1.16. The molecule has 1 aromatic carbocycles. The minimum absolute atomic E-state index is 0.0549. The maximum atomic E-state index is 13.0. The zero-order valence-electron chi connectivity index (χ0n) is 10.5. The Balaban J connectivity index is 1.93. The van der Waals surface area contributed by atoms with Crippen molar-refractivity contribution in [3.63, 3.8) is 0 Å². The fraction of sp³-hybridized carbons (Fsp3) is 0.462. The summed E-state index contributed by atoms with van der Waals surface area (Å²) in [6, 6.07) is 3.77. The number of hydrogen-bond donors (Lipinski definition) is 2. The van der Waals surface area contributed by atoms with Crippen molar-refractivity contribution in [3.8, 4) is 0 Å². The van der Waals surface area contributed by atoms with Crippen LogP contribution in [0.4, 0.5) is 15.8 Å². The van der Waals surface area contributed by atoms with E-state index < -0.39 is 16.6 Å². The van der Waals surface area contributed by atoms with Gasteiger partial charge in [0.25, 0.3) is 0 Å². The Morgan fingerprint density at radius 3 is 2.79 bits per heavy atom. The average molecular weight is 284 g/mol. The second-order valence-electron chi connectivity index (χ2n) is 4.71. The lowest BCUT2D eigenvalue weighted by atomic mass is 10.2. The first-order chi connectivity index (χ1) is 9.06. The largest absolute Gasteiger partial charge is 0.397 e.